The number of hydrogen-bond donors (Lipinski definition) is 1. The van der Waals surface area contributed by atoms with Gasteiger partial charge in [0, 0.05) is 54.9 Å². The van der Waals surface area contributed by atoms with Crippen LogP contribution < -0.4 is 5.32 Å². The highest BCUT2D eigenvalue weighted by Gasteiger charge is 2.15. The summed E-state index contributed by atoms with van der Waals surface area (Å²) in [6, 6.07) is 27.6. The normalized spacial score (nSPS) is 12.4. The van der Waals surface area contributed by atoms with Crippen molar-refractivity contribution in [3.63, 3.8) is 0 Å². The molecule has 0 bridgehead atoms. The van der Waals surface area contributed by atoms with E-state index in [1.54, 1.807) is 11.8 Å². The third-order valence-corrected chi connectivity index (χ3v) is 8.09. The molecular formula is C37H28N6S. The Balaban J connectivity index is 1.40. The van der Waals surface area contributed by atoms with Crippen molar-refractivity contribution >= 4 is 17.3 Å². The van der Waals surface area contributed by atoms with Crippen molar-refractivity contribution in [1.82, 2.24) is 30.2 Å². The van der Waals surface area contributed by atoms with Gasteiger partial charge < -0.3 is 5.32 Å². The molecule has 7 rings (SSSR count). The largest absolute Gasteiger partial charge is 0.387 e. The molecule has 0 radical (unpaired) electrons. The van der Waals surface area contributed by atoms with Crippen LogP contribution in [0.3, 0.4) is 0 Å². The van der Waals surface area contributed by atoms with Gasteiger partial charge in [-0.05, 0) is 142 Å². The van der Waals surface area contributed by atoms with Crippen LogP contribution in [0.25, 0.3) is 61.5 Å². The number of rotatable bonds is 7. The lowest BCUT2D eigenvalue weighted by Crippen LogP contribution is -2.08. The lowest BCUT2D eigenvalue weighted by atomic mass is 9.93. The lowest BCUT2D eigenvalue weighted by molar-refractivity contribution is 0.975. The van der Waals surface area contributed by atoms with Crippen LogP contribution in [0.4, 0.5) is 0 Å². The number of allylic oxidation sites excluding steroid dienone is 2. The Morgan fingerprint density at radius 1 is 0.523 bits per heavy atom. The molecule has 0 saturated carbocycles. The molecule has 6 aromatic rings. The molecule has 2 aromatic carbocycles. The number of nitrogens with zero attached hydrogens (tertiary/aromatic N) is 5. The number of pyridine rings is 3. The van der Waals surface area contributed by atoms with E-state index in [4.69, 9.17) is 9.97 Å². The zero-order valence-electron chi connectivity index (χ0n) is 24.1. The Hall–Kier alpha value is -5.40. The van der Waals surface area contributed by atoms with E-state index in [9.17, 15) is 0 Å². The highest BCUT2D eigenvalue weighted by atomic mass is 32.2. The molecule has 1 aliphatic rings. The molecule has 1 aliphatic heterocycles. The van der Waals surface area contributed by atoms with E-state index in [0.29, 0.717) is 5.16 Å². The van der Waals surface area contributed by atoms with E-state index in [2.05, 4.69) is 74.9 Å². The summed E-state index contributed by atoms with van der Waals surface area (Å²) in [4.78, 5) is 22.7. The van der Waals surface area contributed by atoms with Crippen molar-refractivity contribution in [1.29, 1.82) is 0 Å². The van der Waals surface area contributed by atoms with Gasteiger partial charge in [-0.2, -0.15) is 0 Å². The minimum atomic E-state index is 0.717. The second kappa shape index (κ2) is 12.5. The summed E-state index contributed by atoms with van der Waals surface area (Å²) in [7, 11) is 0. The molecule has 44 heavy (non-hydrogen) atoms. The van der Waals surface area contributed by atoms with Gasteiger partial charge in [-0.15, -0.1) is 0 Å². The van der Waals surface area contributed by atoms with Gasteiger partial charge in [0.25, 0.3) is 0 Å². The number of dihydropyridines is 1. The molecular weight excluding hydrogens is 561 g/mol. The van der Waals surface area contributed by atoms with Crippen molar-refractivity contribution in [3.8, 4) is 55.9 Å². The van der Waals surface area contributed by atoms with Crippen LogP contribution in [0, 0.1) is 0 Å². The van der Waals surface area contributed by atoms with Crippen LogP contribution in [0.2, 0.25) is 0 Å². The van der Waals surface area contributed by atoms with Crippen LogP contribution in [0.1, 0.15) is 5.56 Å². The smallest absolute Gasteiger partial charge is 0.188 e. The number of thioether (sulfide) groups is 1. The summed E-state index contributed by atoms with van der Waals surface area (Å²) in [5.74, 6) is 0. The van der Waals surface area contributed by atoms with Gasteiger partial charge in [-0.3, -0.25) is 15.0 Å². The third-order valence-electron chi connectivity index (χ3n) is 7.54. The second-order valence-electron chi connectivity index (χ2n) is 10.3. The van der Waals surface area contributed by atoms with Crippen molar-refractivity contribution in [2.75, 3.05) is 12.8 Å². The maximum Gasteiger partial charge on any atom is 0.188 e. The maximum absolute atomic E-state index is 5.00. The molecule has 0 amide bonds. The van der Waals surface area contributed by atoms with Gasteiger partial charge >= 0.3 is 0 Å². The molecule has 7 heteroatoms. The van der Waals surface area contributed by atoms with Crippen molar-refractivity contribution in [3.05, 3.63) is 140 Å². The fourth-order valence-electron chi connectivity index (χ4n) is 5.33. The van der Waals surface area contributed by atoms with Crippen LogP contribution >= 0.6 is 11.8 Å². The Labute approximate surface area is 260 Å². The summed E-state index contributed by atoms with van der Waals surface area (Å²) in [6.07, 6.45) is 19.3. The van der Waals surface area contributed by atoms with Gasteiger partial charge in [-0.1, -0.05) is 17.8 Å². The summed E-state index contributed by atoms with van der Waals surface area (Å²) in [5.41, 5.74) is 12.7. The number of benzene rings is 2. The summed E-state index contributed by atoms with van der Waals surface area (Å²) >= 11 is 1.54. The van der Waals surface area contributed by atoms with Crippen molar-refractivity contribution < 1.29 is 0 Å². The molecule has 6 nitrogen and oxygen atoms in total. The first-order chi connectivity index (χ1) is 21.7. The fourth-order valence-corrected chi connectivity index (χ4v) is 5.71. The van der Waals surface area contributed by atoms with E-state index >= 15 is 0 Å². The van der Waals surface area contributed by atoms with Gasteiger partial charge in [0.1, 0.15) is 0 Å². The second-order valence-corrected chi connectivity index (χ2v) is 11.1. The van der Waals surface area contributed by atoms with E-state index in [-0.39, 0.29) is 0 Å². The first kappa shape index (κ1) is 27.4. The van der Waals surface area contributed by atoms with E-state index < -0.39 is 0 Å². The molecule has 0 spiro atoms. The molecule has 4 aromatic heterocycles. The first-order valence-electron chi connectivity index (χ1n) is 14.3. The Bertz CT molecular complexity index is 1930. The standard InChI is InChI=1S/C37H28N6S/c1-44-37-42-35(33-20-29(25-2-10-38-11-3-25)18-30(21-33)26-4-12-39-13-5-26)24-36(43-37)34-22-31(27-6-14-40-15-7-27)19-32(23-34)28-8-16-41-17-9-28/h2-16,18-24,41H,17H2,1H3. The molecule has 1 N–H and O–H groups in total. The van der Waals surface area contributed by atoms with Gasteiger partial charge in [-0.25, -0.2) is 9.97 Å². The van der Waals surface area contributed by atoms with Crippen LogP contribution in [-0.2, 0) is 0 Å². The average molecular weight is 589 g/mol. The van der Waals surface area contributed by atoms with Crippen LogP contribution in [-0.4, -0.2) is 37.7 Å². The van der Waals surface area contributed by atoms with Crippen LogP contribution in [0.15, 0.2) is 140 Å². The SMILES string of the molecule is CSc1nc(-c2cc(C3=CCNC=C3)cc(-c3ccncc3)c2)cc(-c2cc(-c3ccncc3)cc(-c3ccncc3)c2)n1. The zero-order valence-corrected chi connectivity index (χ0v) is 24.9. The summed E-state index contributed by atoms with van der Waals surface area (Å²) in [5, 5.41) is 3.97. The van der Waals surface area contributed by atoms with Gasteiger partial charge in [0.15, 0.2) is 5.16 Å². The highest BCUT2D eigenvalue weighted by molar-refractivity contribution is 7.98. The molecule has 212 valence electrons. The maximum atomic E-state index is 5.00. The topological polar surface area (TPSA) is 76.5 Å². The number of hydrogen-bond acceptors (Lipinski definition) is 7. The molecule has 0 unspecified atom stereocenters. The lowest BCUT2D eigenvalue weighted by Gasteiger charge is -2.15. The molecule has 5 heterocycles. The van der Waals surface area contributed by atoms with E-state index in [1.807, 2.05) is 86.0 Å². The first-order valence-corrected chi connectivity index (χ1v) is 15.5. The van der Waals surface area contributed by atoms with Gasteiger partial charge in [0.2, 0.25) is 0 Å². The van der Waals surface area contributed by atoms with E-state index in [0.717, 1.165) is 68.0 Å². The third kappa shape index (κ3) is 5.91. The number of nitrogens with one attached hydrogen (secondary N) is 1. The van der Waals surface area contributed by atoms with Crippen LogP contribution in [0.5, 0.6) is 0 Å². The monoisotopic (exact) mass is 588 g/mol. The van der Waals surface area contributed by atoms with Gasteiger partial charge in [0.05, 0.1) is 11.4 Å². The Morgan fingerprint density at radius 3 is 1.39 bits per heavy atom. The Kier molecular flexibility index (Phi) is 7.76. The minimum absolute atomic E-state index is 0.717. The summed E-state index contributed by atoms with van der Waals surface area (Å²) < 4.78 is 0. The van der Waals surface area contributed by atoms with Crippen molar-refractivity contribution in [2.45, 2.75) is 5.16 Å². The van der Waals surface area contributed by atoms with Crippen molar-refractivity contribution in [2.24, 2.45) is 0 Å². The molecule has 0 atom stereocenters. The average Bonchev–Trinajstić information content (AvgIpc) is 3.12. The molecule has 0 fully saturated rings. The highest BCUT2D eigenvalue weighted by Crippen LogP contribution is 2.36. The number of aromatic nitrogens is 5. The minimum Gasteiger partial charge on any atom is -0.387 e. The predicted molar refractivity (Wildman–Crippen MR) is 179 cm³/mol. The quantitative estimate of drug-likeness (QED) is 0.149. The van der Waals surface area contributed by atoms with E-state index in [1.165, 1.54) is 5.57 Å². The fraction of sp³-hybridized carbons (Fsp3) is 0.0541. The Morgan fingerprint density at radius 2 is 0.955 bits per heavy atom. The molecule has 0 aliphatic carbocycles. The summed E-state index contributed by atoms with van der Waals surface area (Å²) in [6.45, 7) is 0.794. The predicted octanol–water partition coefficient (Wildman–Crippen LogP) is 8.22. The zero-order chi connectivity index (χ0) is 29.7. The molecule has 0 saturated heterocycles.